The Hall–Kier alpha value is -3.89. The van der Waals surface area contributed by atoms with Crippen molar-refractivity contribution in [1.82, 2.24) is 4.90 Å². The third-order valence-corrected chi connectivity index (χ3v) is 4.83. The maximum absolute atomic E-state index is 13.7. The van der Waals surface area contributed by atoms with Gasteiger partial charge in [-0.3, -0.25) is 9.69 Å². The molecule has 0 spiro atoms. The molecule has 3 rings (SSSR count). The van der Waals surface area contributed by atoms with E-state index in [2.05, 4.69) is 11.4 Å². The highest BCUT2D eigenvalue weighted by atomic mass is 19.1. The number of carbonyl (C=O) groups excluding carboxylic acids is 1. The Morgan fingerprint density at radius 2 is 1.75 bits per heavy atom. The minimum atomic E-state index is -0.326. The molecule has 3 aromatic carbocycles. The zero-order valence-corrected chi connectivity index (χ0v) is 18.0. The van der Waals surface area contributed by atoms with Crippen LogP contribution >= 0.6 is 0 Å². The van der Waals surface area contributed by atoms with Gasteiger partial charge in [-0.15, -0.1) is 0 Å². The Kier molecular flexibility index (Phi) is 7.79. The van der Waals surface area contributed by atoms with Gasteiger partial charge in [-0.05, 0) is 47.5 Å². The highest BCUT2D eigenvalue weighted by Gasteiger charge is 2.15. The first-order valence-electron chi connectivity index (χ1n) is 9.98. The van der Waals surface area contributed by atoms with Crippen LogP contribution in [0.4, 0.5) is 10.1 Å². The van der Waals surface area contributed by atoms with Crippen LogP contribution in [0.5, 0.6) is 11.5 Å². The first-order chi connectivity index (χ1) is 15.5. The van der Waals surface area contributed by atoms with Crippen LogP contribution < -0.4 is 14.8 Å². The SMILES string of the molecule is COc1ccc(NC(=O)CN(Cc2ccc(C#N)cc2)Cc2cccc(F)c2)c(OC)c1. The second-order valence-electron chi connectivity index (χ2n) is 7.20. The van der Waals surface area contributed by atoms with Crippen molar-refractivity contribution in [3.63, 3.8) is 0 Å². The van der Waals surface area contributed by atoms with Gasteiger partial charge in [-0.1, -0.05) is 24.3 Å². The van der Waals surface area contributed by atoms with Gasteiger partial charge in [0.05, 0.1) is 38.1 Å². The van der Waals surface area contributed by atoms with Crippen LogP contribution in [-0.4, -0.2) is 31.6 Å². The van der Waals surface area contributed by atoms with Crippen LogP contribution in [0.15, 0.2) is 66.7 Å². The summed E-state index contributed by atoms with van der Waals surface area (Å²) in [5.74, 6) is 0.543. The molecule has 0 aliphatic heterocycles. The molecule has 0 radical (unpaired) electrons. The standard InChI is InChI=1S/C25H24FN3O3/c1-31-22-10-11-23(24(13-22)32-2)28-25(30)17-29(16-20-4-3-5-21(26)12-20)15-19-8-6-18(14-27)7-9-19/h3-13H,15-17H2,1-2H3,(H,28,30). The summed E-state index contributed by atoms with van der Waals surface area (Å²) in [7, 11) is 3.08. The van der Waals surface area contributed by atoms with Crippen molar-refractivity contribution in [3.05, 3.63) is 89.2 Å². The van der Waals surface area contributed by atoms with E-state index < -0.39 is 0 Å². The maximum Gasteiger partial charge on any atom is 0.238 e. The quantitative estimate of drug-likeness (QED) is 0.543. The zero-order valence-electron chi connectivity index (χ0n) is 18.0. The second-order valence-corrected chi connectivity index (χ2v) is 7.20. The van der Waals surface area contributed by atoms with Gasteiger partial charge < -0.3 is 14.8 Å². The molecule has 0 unspecified atom stereocenters. The van der Waals surface area contributed by atoms with Crippen molar-refractivity contribution in [2.75, 3.05) is 26.1 Å². The van der Waals surface area contributed by atoms with Crippen molar-refractivity contribution in [2.45, 2.75) is 13.1 Å². The number of nitrogens with zero attached hydrogens (tertiary/aromatic N) is 2. The number of carbonyl (C=O) groups is 1. The largest absolute Gasteiger partial charge is 0.497 e. The number of halogens is 1. The van der Waals surface area contributed by atoms with Gasteiger partial charge in [0.15, 0.2) is 0 Å². The molecule has 0 saturated carbocycles. The van der Waals surface area contributed by atoms with Gasteiger partial charge in [-0.25, -0.2) is 4.39 Å². The fraction of sp³-hybridized carbons (Fsp3) is 0.200. The van der Waals surface area contributed by atoms with Crippen molar-refractivity contribution in [2.24, 2.45) is 0 Å². The Balaban J connectivity index is 1.76. The highest BCUT2D eigenvalue weighted by Crippen LogP contribution is 2.29. The van der Waals surface area contributed by atoms with Crippen LogP contribution in [0.1, 0.15) is 16.7 Å². The van der Waals surface area contributed by atoms with Crippen LogP contribution in [0.2, 0.25) is 0 Å². The number of nitrogens with one attached hydrogen (secondary N) is 1. The molecule has 0 aliphatic carbocycles. The molecule has 0 saturated heterocycles. The van der Waals surface area contributed by atoms with Crippen LogP contribution in [-0.2, 0) is 17.9 Å². The van der Waals surface area contributed by atoms with E-state index in [4.69, 9.17) is 14.7 Å². The first kappa shape index (κ1) is 22.8. The van der Waals surface area contributed by atoms with Crippen molar-refractivity contribution < 1.29 is 18.7 Å². The number of hydrogen-bond donors (Lipinski definition) is 1. The molecular formula is C25H24FN3O3. The topological polar surface area (TPSA) is 74.6 Å². The molecule has 0 heterocycles. The zero-order chi connectivity index (χ0) is 22.9. The summed E-state index contributed by atoms with van der Waals surface area (Å²) in [5, 5.41) is 11.9. The minimum absolute atomic E-state index is 0.0751. The van der Waals surface area contributed by atoms with E-state index in [0.717, 1.165) is 11.1 Å². The molecule has 0 bridgehead atoms. The molecule has 32 heavy (non-hydrogen) atoms. The predicted octanol–water partition coefficient (Wildman–Crippen LogP) is 4.36. The number of ether oxygens (including phenoxy) is 2. The summed E-state index contributed by atoms with van der Waals surface area (Å²) in [4.78, 5) is 14.7. The third kappa shape index (κ3) is 6.30. The number of amides is 1. The average molecular weight is 433 g/mol. The molecule has 164 valence electrons. The number of rotatable bonds is 9. The Morgan fingerprint density at radius 3 is 2.41 bits per heavy atom. The van der Waals surface area contributed by atoms with E-state index in [-0.39, 0.29) is 18.3 Å². The smallest absolute Gasteiger partial charge is 0.238 e. The van der Waals surface area contributed by atoms with E-state index in [0.29, 0.717) is 35.8 Å². The molecule has 0 aromatic heterocycles. The summed E-state index contributed by atoms with van der Waals surface area (Å²) in [6.45, 7) is 0.909. The molecule has 7 heteroatoms. The lowest BCUT2D eigenvalue weighted by atomic mass is 10.1. The molecule has 0 fully saturated rings. The van der Waals surface area contributed by atoms with E-state index in [9.17, 15) is 9.18 Å². The lowest BCUT2D eigenvalue weighted by Gasteiger charge is -2.22. The second kappa shape index (κ2) is 10.9. The fourth-order valence-electron chi connectivity index (χ4n) is 3.30. The molecule has 0 aliphatic rings. The van der Waals surface area contributed by atoms with E-state index in [1.54, 1.807) is 43.5 Å². The molecule has 1 N–H and O–H groups in total. The monoisotopic (exact) mass is 433 g/mol. The first-order valence-corrected chi connectivity index (χ1v) is 9.98. The molecular weight excluding hydrogens is 409 g/mol. The lowest BCUT2D eigenvalue weighted by Crippen LogP contribution is -2.32. The molecule has 3 aromatic rings. The van der Waals surface area contributed by atoms with Crippen LogP contribution in [0, 0.1) is 17.1 Å². The third-order valence-electron chi connectivity index (χ3n) is 4.83. The Bertz CT molecular complexity index is 1110. The summed E-state index contributed by atoms with van der Waals surface area (Å²) in [6, 6.07) is 20.7. The summed E-state index contributed by atoms with van der Waals surface area (Å²) < 4.78 is 24.2. The lowest BCUT2D eigenvalue weighted by molar-refractivity contribution is -0.117. The average Bonchev–Trinajstić information content (AvgIpc) is 2.79. The molecule has 6 nitrogen and oxygen atoms in total. The highest BCUT2D eigenvalue weighted by molar-refractivity contribution is 5.93. The Morgan fingerprint density at radius 1 is 1.00 bits per heavy atom. The predicted molar refractivity (Wildman–Crippen MR) is 120 cm³/mol. The molecule has 0 atom stereocenters. The van der Waals surface area contributed by atoms with Gasteiger partial charge in [0.2, 0.25) is 5.91 Å². The van der Waals surface area contributed by atoms with E-state index in [1.165, 1.54) is 19.2 Å². The normalized spacial score (nSPS) is 10.5. The van der Waals surface area contributed by atoms with Crippen molar-refractivity contribution >= 4 is 11.6 Å². The number of benzene rings is 3. The minimum Gasteiger partial charge on any atom is -0.497 e. The van der Waals surface area contributed by atoms with Gasteiger partial charge >= 0.3 is 0 Å². The maximum atomic E-state index is 13.7. The van der Waals surface area contributed by atoms with Crippen LogP contribution in [0.3, 0.4) is 0 Å². The van der Waals surface area contributed by atoms with Gasteiger partial charge in [0.1, 0.15) is 17.3 Å². The van der Waals surface area contributed by atoms with Crippen LogP contribution in [0.25, 0.3) is 0 Å². The number of nitriles is 1. The van der Waals surface area contributed by atoms with Gasteiger partial charge in [0.25, 0.3) is 0 Å². The Labute approximate surface area is 186 Å². The summed E-state index contributed by atoms with van der Waals surface area (Å²) in [5.41, 5.74) is 2.79. The van der Waals surface area contributed by atoms with E-state index >= 15 is 0 Å². The van der Waals surface area contributed by atoms with Crippen molar-refractivity contribution in [3.8, 4) is 17.6 Å². The fourth-order valence-corrected chi connectivity index (χ4v) is 3.30. The van der Waals surface area contributed by atoms with E-state index in [1.807, 2.05) is 23.1 Å². The summed E-state index contributed by atoms with van der Waals surface area (Å²) in [6.07, 6.45) is 0. The van der Waals surface area contributed by atoms with Gasteiger partial charge in [0, 0.05) is 19.2 Å². The summed E-state index contributed by atoms with van der Waals surface area (Å²) >= 11 is 0. The van der Waals surface area contributed by atoms with Gasteiger partial charge in [-0.2, -0.15) is 5.26 Å². The van der Waals surface area contributed by atoms with Crippen molar-refractivity contribution in [1.29, 1.82) is 5.26 Å². The number of hydrogen-bond acceptors (Lipinski definition) is 5. The number of methoxy groups -OCH3 is 2. The number of anilines is 1. The molecule has 1 amide bonds.